The number of nitrogens with zero attached hydrogens (tertiary/aromatic N) is 1. The Morgan fingerprint density at radius 3 is 2.67 bits per heavy atom. The third kappa shape index (κ3) is 1.95. The monoisotopic (exact) mass is 244 g/mol. The molecule has 0 radical (unpaired) electrons. The summed E-state index contributed by atoms with van der Waals surface area (Å²) in [5.41, 5.74) is 12.3. The minimum Gasteiger partial charge on any atom is -0.398 e. The minimum atomic E-state index is -0.916. The number of aromatic nitrogens is 1. The molecule has 5 N–H and O–H groups in total. The van der Waals surface area contributed by atoms with Crippen molar-refractivity contribution in [3.05, 3.63) is 35.7 Å². The predicted octanol–water partition coefficient (Wildman–Crippen LogP) is 0.934. The lowest BCUT2D eigenvalue weighted by Crippen LogP contribution is -2.35. The number of primary amides is 1. The largest absolute Gasteiger partial charge is 0.398 e. The van der Waals surface area contributed by atoms with Gasteiger partial charge in [-0.1, -0.05) is 6.07 Å². The molecule has 0 aliphatic rings. The van der Waals surface area contributed by atoms with Crippen LogP contribution in [0.3, 0.4) is 0 Å². The van der Waals surface area contributed by atoms with Crippen LogP contribution in [0.4, 0.5) is 10.5 Å². The highest BCUT2D eigenvalue weighted by Gasteiger charge is 2.15. The maximum absolute atomic E-state index is 11.8. The van der Waals surface area contributed by atoms with Crippen molar-refractivity contribution in [3.8, 4) is 0 Å². The van der Waals surface area contributed by atoms with E-state index in [0.717, 1.165) is 10.9 Å². The van der Waals surface area contributed by atoms with Crippen molar-refractivity contribution < 1.29 is 9.59 Å². The van der Waals surface area contributed by atoms with Crippen molar-refractivity contribution in [2.45, 2.75) is 6.92 Å². The number of nitrogens with one attached hydrogen (secondary N) is 1. The Hall–Kier alpha value is -2.63. The van der Waals surface area contributed by atoms with Gasteiger partial charge in [0.15, 0.2) is 0 Å². The van der Waals surface area contributed by atoms with E-state index in [-0.39, 0.29) is 5.69 Å². The normalized spacial score (nSPS) is 10.3. The van der Waals surface area contributed by atoms with Crippen molar-refractivity contribution in [1.82, 2.24) is 10.3 Å². The summed E-state index contributed by atoms with van der Waals surface area (Å²) in [5, 5.41) is 3.34. The van der Waals surface area contributed by atoms with Crippen molar-refractivity contribution >= 4 is 28.4 Å². The maximum Gasteiger partial charge on any atom is 0.319 e. The summed E-state index contributed by atoms with van der Waals surface area (Å²) in [5.74, 6) is -0.637. The number of fused-ring (bicyclic) bond motifs is 1. The number of urea groups is 1. The van der Waals surface area contributed by atoms with Gasteiger partial charge < -0.3 is 11.5 Å². The molecule has 3 amide bonds. The van der Waals surface area contributed by atoms with Gasteiger partial charge in [-0.2, -0.15) is 0 Å². The Bertz CT molecular complexity index is 652. The van der Waals surface area contributed by atoms with Crippen molar-refractivity contribution in [1.29, 1.82) is 0 Å². The fourth-order valence-electron chi connectivity index (χ4n) is 1.83. The van der Waals surface area contributed by atoms with Crippen LogP contribution in [0.1, 0.15) is 16.1 Å². The highest BCUT2D eigenvalue weighted by atomic mass is 16.2. The Kier molecular flexibility index (Phi) is 2.85. The number of nitrogens with two attached hydrogens (primary N) is 2. The van der Waals surface area contributed by atoms with Crippen LogP contribution < -0.4 is 16.8 Å². The molecule has 0 fully saturated rings. The SMILES string of the molecule is Cc1ccc(N)c2ccnc(C(=O)NC(N)=O)c12. The first kappa shape index (κ1) is 11.8. The van der Waals surface area contributed by atoms with Gasteiger partial charge in [0, 0.05) is 22.7 Å². The molecule has 0 unspecified atom stereocenters. The highest BCUT2D eigenvalue weighted by molar-refractivity contribution is 6.12. The molecule has 0 atom stereocenters. The van der Waals surface area contributed by atoms with Gasteiger partial charge in [0.1, 0.15) is 5.69 Å². The molecule has 92 valence electrons. The summed E-state index contributed by atoms with van der Waals surface area (Å²) in [6, 6.07) is 4.35. The fourth-order valence-corrected chi connectivity index (χ4v) is 1.83. The van der Waals surface area contributed by atoms with E-state index in [1.165, 1.54) is 6.20 Å². The molecular weight excluding hydrogens is 232 g/mol. The van der Waals surface area contributed by atoms with Crippen molar-refractivity contribution in [2.75, 3.05) is 5.73 Å². The minimum absolute atomic E-state index is 0.135. The molecule has 0 saturated carbocycles. The Morgan fingerprint density at radius 1 is 1.28 bits per heavy atom. The topological polar surface area (TPSA) is 111 Å². The van der Waals surface area contributed by atoms with Crippen LogP contribution in [-0.4, -0.2) is 16.9 Å². The molecule has 0 saturated heterocycles. The Balaban J connectivity index is 2.68. The van der Waals surface area contributed by atoms with Crippen LogP contribution >= 0.6 is 0 Å². The average molecular weight is 244 g/mol. The van der Waals surface area contributed by atoms with E-state index >= 15 is 0 Å². The number of aryl methyl sites for hydroxylation is 1. The van der Waals surface area contributed by atoms with E-state index < -0.39 is 11.9 Å². The van der Waals surface area contributed by atoms with Gasteiger partial charge in [0.2, 0.25) is 0 Å². The fraction of sp³-hybridized carbons (Fsp3) is 0.0833. The van der Waals surface area contributed by atoms with E-state index in [1.807, 2.05) is 12.2 Å². The Labute approximate surface area is 103 Å². The lowest BCUT2D eigenvalue weighted by atomic mass is 10.0. The molecule has 2 rings (SSSR count). The lowest BCUT2D eigenvalue weighted by Gasteiger charge is -2.09. The van der Waals surface area contributed by atoms with Gasteiger partial charge in [-0.05, 0) is 24.6 Å². The predicted molar refractivity (Wildman–Crippen MR) is 67.9 cm³/mol. The van der Waals surface area contributed by atoms with Crippen LogP contribution in [0.15, 0.2) is 24.4 Å². The number of rotatable bonds is 1. The van der Waals surface area contributed by atoms with E-state index in [1.54, 1.807) is 18.2 Å². The second kappa shape index (κ2) is 4.33. The number of pyridine rings is 1. The number of benzene rings is 1. The molecule has 0 bridgehead atoms. The quantitative estimate of drug-likeness (QED) is 0.648. The van der Waals surface area contributed by atoms with Gasteiger partial charge in [-0.15, -0.1) is 0 Å². The number of imide groups is 1. The first-order valence-electron chi connectivity index (χ1n) is 5.25. The molecule has 1 aromatic heterocycles. The summed E-state index contributed by atoms with van der Waals surface area (Å²) >= 11 is 0. The van der Waals surface area contributed by atoms with Gasteiger partial charge in [-0.3, -0.25) is 15.1 Å². The number of hydrogen-bond donors (Lipinski definition) is 3. The van der Waals surface area contributed by atoms with Gasteiger partial charge in [-0.25, -0.2) is 4.79 Å². The zero-order valence-electron chi connectivity index (χ0n) is 9.73. The Morgan fingerprint density at radius 2 is 2.00 bits per heavy atom. The third-order valence-corrected chi connectivity index (χ3v) is 2.62. The van der Waals surface area contributed by atoms with Crippen LogP contribution in [0.5, 0.6) is 0 Å². The molecular formula is C12H12N4O2. The number of carbonyl (C=O) groups excluding carboxylic acids is 2. The number of hydrogen-bond acceptors (Lipinski definition) is 4. The van der Waals surface area contributed by atoms with Crippen LogP contribution in [0.25, 0.3) is 10.8 Å². The lowest BCUT2D eigenvalue weighted by molar-refractivity contribution is 0.0963. The van der Waals surface area contributed by atoms with E-state index in [4.69, 9.17) is 11.5 Å². The molecule has 1 heterocycles. The second-order valence-corrected chi connectivity index (χ2v) is 3.87. The third-order valence-electron chi connectivity index (χ3n) is 2.62. The number of anilines is 1. The molecule has 6 nitrogen and oxygen atoms in total. The van der Waals surface area contributed by atoms with E-state index in [2.05, 4.69) is 4.98 Å². The van der Waals surface area contributed by atoms with E-state index in [0.29, 0.717) is 11.1 Å². The number of nitrogen functional groups attached to an aromatic ring is 1. The summed E-state index contributed by atoms with van der Waals surface area (Å²) < 4.78 is 0. The van der Waals surface area contributed by atoms with Crippen LogP contribution in [0, 0.1) is 6.92 Å². The van der Waals surface area contributed by atoms with Crippen molar-refractivity contribution in [2.24, 2.45) is 5.73 Å². The van der Waals surface area contributed by atoms with Gasteiger partial charge in [0.25, 0.3) is 5.91 Å². The van der Waals surface area contributed by atoms with Crippen LogP contribution in [-0.2, 0) is 0 Å². The molecule has 0 aliphatic heterocycles. The first-order chi connectivity index (χ1) is 8.50. The second-order valence-electron chi connectivity index (χ2n) is 3.87. The molecule has 6 heteroatoms. The molecule has 2 aromatic rings. The number of amides is 3. The molecule has 0 spiro atoms. The summed E-state index contributed by atoms with van der Waals surface area (Å²) in [6.07, 6.45) is 1.47. The highest BCUT2D eigenvalue weighted by Crippen LogP contribution is 2.26. The van der Waals surface area contributed by atoms with Gasteiger partial charge >= 0.3 is 6.03 Å². The zero-order chi connectivity index (χ0) is 13.3. The van der Waals surface area contributed by atoms with Crippen molar-refractivity contribution in [3.63, 3.8) is 0 Å². The standard InChI is InChI=1S/C12H12N4O2/c1-6-2-3-8(13)7-4-5-15-10(9(6)7)11(17)16-12(14)18/h2-5H,13H2,1H3,(H3,14,16,17,18). The first-order valence-corrected chi connectivity index (χ1v) is 5.25. The molecule has 0 aliphatic carbocycles. The molecule has 1 aromatic carbocycles. The average Bonchev–Trinajstić information content (AvgIpc) is 2.32. The summed E-state index contributed by atoms with van der Waals surface area (Å²) in [7, 11) is 0. The molecule has 18 heavy (non-hydrogen) atoms. The van der Waals surface area contributed by atoms with Gasteiger partial charge in [0.05, 0.1) is 0 Å². The summed E-state index contributed by atoms with van der Waals surface area (Å²) in [6.45, 7) is 1.84. The maximum atomic E-state index is 11.8. The summed E-state index contributed by atoms with van der Waals surface area (Å²) in [4.78, 5) is 26.5. The van der Waals surface area contributed by atoms with E-state index in [9.17, 15) is 9.59 Å². The smallest absolute Gasteiger partial charge is 0.319 e. The zero-order valence-corrected chi connectivity index (χ0v) is 9.73. The number of carbonyl (C=O) groups is 2. The van der Waals surface area contributed by atoms with Crippen LogP contribution in [0.2, 0.25) is 0 Å².